The van der Waals surface area contributed by atoms with Gasteiger partial charge in [-0.2, -0.15) is 0 Å². The topological polar surface area (TPSA) is 29.0 Å². The van der Waals surface area contributed by atoms with Gasteiger partial charge < -0.3 is 5.73 Å². The fraction of sp³-hybridized carbons (Fsp3) is 0.917. The van der Waals surface area contributed by atoms with Crippen molar-refractivity contribution >= 4 is 5.71 Å². The maximum absolute atomic E-state index is 6.25. The highest BCUT2D eigenvalue weighted by atomic mass is 15.1. The molecule has 0 radical (unpaired) electrons. The molecule has 0 amide bonds. The van der Waals surface area contributed by atoms with Crippen LogP contribution in [0.15, 0.2) is 0 Å². The summed E-state index contributed by atoms with van der Waals surface area (Å²) >= 11 is 0. The first-order valence-electron chi connectivity index (χ1n) is 6.24. The van der Waals surface area contributed by atoms with E-state index in [1.54, 1.807) is 5.71 Å². The first kappa shape index (κ1) is 8.90. The van der Waals surface area contributed by atoms with Gasteiger partial charge in [-0.1, -0.05) is 6.42 Å². The van der Waals surface area contributed by atoms with Crippen LogP contribution in [-0.2, 0) is 0 Å². The summed E-state index contributed by atoms with van der Waals surface area (Å²) in [5, 5.41) is 0. The van der Waals surface area contributed by atoms with Crippen molar-refractivity contribution < 1.29 is 4.58 Å². The minimum Gasteiger partial charge on any atom is -0.319 e. The lowest BCUT2D eigenvalue weighted by Crippen LogP contribution is -2.50. The van der Waals surface area contributed by atoms with Crippen LogP contribution in [0.5, 0.6) is 0 Å². The molecule has 2 nitrogen and oxygen atoms in total. The van der Waals surface area contributed by atoms with Gasteiger partial charge in [0.05, 0.1) is 6.04 Å². The molecule has 0 aromatic carbocycles. The van der Waals surface area contributed by atoms with Gasteiger partial charge in [-0.05, 0) is 19.3 Å². The van der Waals surface area contributed by atoms with Gasteiger partial charge in [-0.3, -0.25) is 0 Å². The SMILES string of the molecule is N[C@H]1C[C@@H]2CCCC[C@H]2[N+]2=C1CCC2. The van der Waals surface area contributed by atoms with Gasteiger partial charge >= 0.3 is 0 Å². The predicted molar refractivity (Wildman–Crippen MR) is 57.7 cm³/mol. The van der Waals surface area contributed by atoms with Gasteiger partial charge in [0.15, 0.2) is 11.8 Å². The van der Waals surface area contributed by atoms with E-state index in [4.69, 9.17) is 5.73 Å². The smallest absolute Gasteiger partial charge is 0.169 e. The second kappa shape index (κ2) is 3.34. The van der Waals surface area contributed by atoms with E-state index in [9.17, 15) is 0 Å². The van der Waals surface area contributed by atoms with E-state index in [0.29, 0.717) is 6.04 Å². The normalized spacial score (nSPS) is 42.2. The van der Waals surface area contributed by atoms with Gasteiger partial charge in [-0.15, -0.1) is 0 Å². The van der Waals surface area contributed by atoms with Crippen LogP contribution in [-0.4, -0.2) is 28.9 Å². The van der Waals surface area contributed by atoms with Gasteiger partial charge in [0.1, 0.15) is 6.54 Å². The third-order valence-corrected chi connectivity index (χ3v) is 4.45. The standard InChI is InChI=1S/C12H21N2/c13-10-8-9-4-1-2-5-11(9)14-7-3-6-12(10)14/h9-11H,1-8,13H2/q+1/t9-,10-,11+/m0/s1. The lowest BCUT2D eigenvalue weighted by Gasteiger charge is -2.34. The third-order valence-electron chi connectivity index (χ3n) is 4.45. The van der Waals surface area contributed by atoms with Crippen LogP contribution in [0, 0.1) is 5.92 Å². The van der Waals surface area contributed by atoms with E-state index in [2.05, 4.69) is 4.58 Å². The minimum atomic E-state index is 0.400. The maximum Gasteiger partial charge on any atom is 0.169 e. The fourth-order valence-electron chi connectivity index (χ4n) is 3.83. The fourth-order valence-corrected chi connectivity index (χ4v) is 3.83. The summed E-state index contributed by atoms with van der Waals surface area (Å²) in [7, 11) is 0. The zero-order valence-corrected chi connectivity index (χ0v) is 8.91. The second-order valence-corrected chi connectivity index (χ2v) is 5.24. The highest BCUT2D eigenvalue weighted by Gasteiger charge is 2.44. The van der Waals surface area contributed by atoms with Crippen molar-refractivity contribution in [3.05, 3.63) is 0 Å². The number of nitrogens with zero attached hydrogens (tertiary/aromatic N) is 1. The van der Waals surface area contributed by atoms with Crippen molar-refractivity contribution in [2.24, 2.45) is 11.7 Å². The van der Waals surface area contributed by atoms with Crippen molar-refractivity contribution in [1.29, 1.82) is 0 Å². The molecule has 2 aliphatic heterocycles. The van der Waals surface area contributed by atoms with Gasteiger partial charge in [0.25, 0.3) is 0 Å². The van der Waals surface area contributed by atoms with E-state index in [-0.39, 0.29) is 0 Å². The van der Waals surface area contributed by atoms with Crippen molar-refractivity contribution in [3.8, 4) is 0 Å². The van der Waals surface area contributed by atoms with Crippen LogP contribution in [0.25, 0.3) is 0 Å². The van der Waals surface area contributed by atoms with E-state index >= 15 is 0 Å². The average Bonchev–Trinajstić information content (AvgIpc) is 2.67. The summed E-state index contributed by atoms with van der Waals surface area (Å²) in [6.45, 7) is 1.30. The van der Waals surface area contributed by atoms with Gasteiger partial charge in [0.2, 0.25) is 0 Å². The highest BCUT2D eigenvalue weighted by molar-refractivity contribution is 5.86. The largest absolute Gasteiger partial charge is 0.319 e. The first-order valence-corrected chi connectivity index (χ1v) is 6.24. The second-order valence-electron chi connectivity index (χ2n) is 5.24. The predicted octanol–water partition coefficient (Wildman–Crippen LogP) is 1.52. The first-order chi connectivity index (χ1) is 6.86. The highest BCUT2D eigenvalue weighted by Crippen LogP contribution is 2.35. The van der Waals surface area contributed by atoms with Crippen LogP contribution < -0.4 is 5.73 Å². The molecule has 1 saturated carbocycles. The molecule has 14 heavy (non-hydrogen) atoms. The lowest BCUT2D eigenvalue weighted by molar-refractivity contribution is -0.577. The molecule has 0 spiro atoms. The zero-order valence-electron chi connectivity index (χ0n) is 8.91. The summed E-state index contributed by atoms with van der Waals surface area (Å²) in [5.41, 5.74) is 7.84. The molecule has 3 atom stereocenters. The number of hydrogen-bond donors (Lipinski definition) is 1. The molecular weight excluding hydrogens is 172 g/mol. The zero-order chi connectivity index (χ0) is 9.54. The van der Waals surface area contributed by atoms with Crippen molar-refractivity contribution in [2.75, 3.05) is 6.54 Å². The van der Waals surface area contributed by atoms with Crippen molar-refractivity contribution in [1.82, 2.24) is 0 Å². The molecule has 2 heteroatoms. The molecule has 2 heterocycles. The number of fused-ring (bicyclic) bond motifs is 2. The number of nitrogens with two attached hydrogens (primary N) is 1. The number of hydrogen-bond acceptors (Lipinski definition) is 1. The molecule has 0 aromatic rings. The van der Waals surface area contributed by atoms with E-state index < -0.39 is 0 Å². The molecule has 0 aromatic heterocycles. The molecule has 3 rings (SSSR count). The molecule has 78 valence electrons. The molecule has 0 saturated heterocycles. The summed E-state index contributed by atoms with van der Waals surface area (Å²) in [6, 6.07) is 1.28. The summed E-state index contributed by atoms with van der Waals surface area (Å²) in [4.78, 5) is 0. The van der Waals surface area contributed by atoms with Crippen LogP contribution in [0.4, 0.5) is 0 Å². The Morgan fingerprint density at radius 1 is 1.14 bits per heavy atom. The Labute approximate surface area is 86.2 Å². The Morgan fingerprint density at radius 2 is 2.00 bits per heavy atom. The lowest BCUT2D eigenvalue weighted by atomic mass is 9.77. The van der Waals surface area contributed by atoms with Crippen LogP contribution in [0.2, 0.25) is 0 Å². The molecule has 3 aliphatic rings. The van der Waals surface area contributed by atoms with E-state index in [1.807, 2.05) is 0 Å². The maximum atomic E-state index is 6.25. The van der Waals surface area contributed by atoms with Crippen LogP contribution in [0.3, 0.4) is 0 Å². The Balaban J connectivity index is 1.92. The molecular formula is C12H21N2+. The molecule has 2 N–H and O–H groups in total. The Morgan fingerprint density at radius 3 is 2.93 bits per heavy atom. The summed E-state index contributed by atoms with van der Waals surface area (Å²) in [5.74, 6) is 0.917. The van der Waals surface area contributed by atoms with Crippen molar-refractivity contribution in [2.45, 2.75) is 57.0 Å². The quantitative estimate of drug-likeness (QED) is 0.581. The van der Waals surface area contributed by atoms with Crippen LogP contribution in [0.1, 0.15) is 44.9 Å². The molecule has 0 bridgehead atoms. The monoisotopic (exact) mass is 193 g/mol. The molecule has 0 unspecified atom stereocenters. The van der Waals surface area contributed by atoms with Crippen LogP contribution >= 0.6 is 0 Å². The minimum absolute atomic E-state index is 0.400. The van der Waals surface area contributed by atoms with Gasteiger partial charge in [0, 0.05) is 25.2 Å². The Kier molecular flexibility index (Phi) is 2.12. The summed E-state index contributed by atoms with van der Waals surface area (Å²) in [6.07, 6.45) is 9.66. The molecule has 1 fully saturated rings. The Bertz CT molecular complexity index is 269. The van der Waals surface area contributed by atoms with Crippen molar-refractivity contribution in [3.63, 3.8) is 0 Å². The Hall–Kier alpha value is -0.370. The molecule has 1 aliphatic carbocycles. The van der Waals surface area contributed by atoms with Gasteiger partial charge in [-0.25, -0.2) is 4.58 Å². The third kappa shape index (κ3) is 1.23. The summed E-state index contributed by atoms with van der Waals surface area (Å²) < 4.78 is 2.68. The average molecular weight is 193 g/mol. The number of rotatable bonds is 0. The van der Waals surface area contributed by atoms with E-state index in [1.165, 1.54) is 51.5 Å². The van der Waals surface area contributed by atoms with E-state index in [0.717, 1.165) is 12.0 Å².